The van der Waals surface area contributed by atoms with E-state index in [1.165, 1.54) is 0 Å². The number of halogens is 7. The monoisotopic (exact) mass is 404 g/mol. The van der Waals surface area contributed by atoms with Gasteiger partial charge >= 0.3 is 18.3 Å². The van der Waals surface area contributed by atoms with Gasteiger partial charge in [-0.3, -0.25) is 0 Å². The van der Waals surface area contributed by atoms with Crippen molar-refractivity contribution in [2.75, 3.05) is 12.5 Å². The summed E-state index contributed by atoms with van der Waals surface area (Å²) in [5.74, 6) is -0.832. The molecule has 0 saturated carbocycles. The molecule has 0 N–H and O–H groups in total. The first-order valence-corrected chi connectivity index (χ1v) is 8.62. The molecular weight excluding hydrogens is 386 g/mol. The molecule has 0 atom stereocenters. The number of esters is 1. The lowest BCUT2D eigenvalue weighted by atomic mass is 10.0. The summed E-state index contributed by atoms with van der Waals surface area (Å²) >= 11 is 5.53. The number of ether oxygens (including phenoxy) is 1. The van der Waals surface area contributed by atoms with E-state index in [1.54, 1.807) is 0 Å². The van der Waals surface area contributed by atoms with Crippen molar-refractivity contribution >= 4 is 17.6 Å². The molecule has 0 aliphatic rings. The Morgan fingerprint density at radius 3 is 2.00 bits per heavy atom. The third-order valence-corrected chi connectivity index (χ3v) is 3.90. The highest BCUT2D eigenvalue weighted by atomic mass is 35.5. The van der Waals surface area contributed by atoms with Crippen molar-refractivity contribution in [2.45, 2.75) is 50.9 Å². The second-order valence-corrected chi connectivity index (χ2v) is 6.08. The summed E-state index contributed by atoms with van der Waals surface area (Å²) in [5, 5.41) is 0. The Bertz CT molecular complexity index is 584. The lowest BCUT2D eigenvalue weighted by molar-refractivity contribution is -0.141. The fourth-order valence-electron chi connectivity index (χ4n) is 2.28. The van der Waals surface area contributed by atoms with E-state index in [4.69, 9.17) is 16.3 Å². The maximum absolute atomic E-state index is 12.9. The summed E-state index contributed by atoms with van der Waals surface area (Å²) in [5.41, 5.74) is -3.91. The molecular formula is C17H19ClF6O2. The van der Waals surface area contributed by atoms with Crippen LogP contribution in [0.15, 0.2) is 18.2 Å². The maximum Gasteiger partial charge on any atom is 0.417 e. The summed E-state index contributed by atoms with van der Waals surface area (Å²) < 4.78 is 81.6. The van der Waals surface area contributed by atoms with Crippen molar-refractivity contribution in [3.63, 3.8) is 0 Å². The SMILES string of the molecule is O=C(OCCCCCCCCCl)c1cc(C(F)(F)F)ccc1C(F)(F)F. The van der Waals surface area contributed by atoms with Crippen molar-refractivity contribution < 1.29 is 35.9 Å². The Morgan fingerprint density at radius 2 is 1.46 bits per heavy atom. The number of carbonyl (C=O) groups excluding carboxylic acids is 1. The lowest BCUT2D eigenvalue weighted by Crippen LogP contribution is -2.17. The van der Waals surface area contributed by atoms with Gasteiger partial charge in [0.15, 0.2) is 0 Å². The lowest BCUT2D eigenvalue weighted by Gasteiger charge is -2.15. The number of carbonyl (C=O) groups is 1. The summed E-state index contributed by atoms with van der Waals surface area (Å²) in [6, 6.07) is 0.716. The molecule has 0 bridgehead atoms. The number of hydrogen-bond acceptors (Lipinski definition) is 2. The second kappa shape index (κ2) is 10.0. The van der Waals surface area contributed by atoms with Gasteiger partial charge in [0.1, 0.15) is 0 Å². The van der Waals surface area contributed by atoms with Gasteiger partial charge in [0.2, 0.25) is 0 Å². The average Bonchev–Trinajstić information content (AvgIpc) is 2.55. The number of unbranched alkanes of at least 4 members (excludes halogenated alkanes) is 5. The molecule has 0 unspecified atom stereocenters. The summed E-state index contributed by atoms with van der Waals surface area (Å²) in [6.45, 7) is -0.151. The van der Waals surface area contributed by atoms with Crippen molar-refractivity contribution in [3.05, 3.63) is 34.9 Å². The Morgan fingerprint density at radius 1 is 0.885 bits per heavy atom. The van der Waals surface area contributed by atoms with Crippen LogP contribution in [-0.2, 0) is 17.1 Å². The van der Waals surface area contributed by atoms with Crippen LogP contribution in [0.2, 0.25) is 0 Å². The van der Waals surface area contributed by atoms with Crippen LogP contribution in [0.5, 0.6) is 0 Å². The van der Waals surface area contributed by atoms with Gasteiger partial charge in [-0.25, -0.2) is 4.79 Å². The molecule has 0 aliphatic carbocycles. The molecule has 0 radical (unpaired) electrons. The van der Waals surface area contributed by atoms with Gasteiger partial charge in [-0.05, 0) is 31.0 Å². The molecule has 0 amide bonds. The molecule has 26 heavy (non-hydrogen) atoms. The van der Waals surface area contributed by atoms with Crippen LogP contribution in [0.4, 0.5) is 26.3 Å². The highest BCUT2D eigenvalue weighted by Gasteiger charge is 2.39. The Kier molecular flexibility index (Phi) is 8.73. The molecule has 0 saturated heterocycles. The predicted molar refractivity (Wildman–Crippen MR) is 85.2 cm³/mol. The molecule has 0 aromatic heterocycles. The molecule has 0 fully saturated rings. The minimum atomic E-state index is -4.96. The zero-order valence-corrected chi connectivity index (χ0v) is 14.6. The smallest absolute Gasteiger partial charge is 0.417 e. The Balaban J connectivity index is 2.68. The zero-order chi connectivity index (χ0) is 19.8. The average molecular weight is 405 g/mol. The van der Waals surface area contributed by atoms with Crippen LogP contribution < -0.4 is 0 Å². The van der Waals surface area contributed by atoms with Gasteiger partial charge in [0.05, 0.1) is 23.3 Å². The molecule has 9 heteroatoms. The molecule has 0 aliphatic heterocycles. The molecule has 0 spiro atoms. The maximum atomic E-state index is 12.9. The van der Waals surface area contributed by atoms with Crippen LogP contribution >= 0.6 is 11.6 Å². The quantitative estimate of drug-likeness (QED) is 0.204. The summed E-state index contributed by atoms with van der Waals surface area (Å²) in [7, 11) is 0. The van der Waals surface area contributed by atoms with E-state index < -0.39 is 35.0 Å². The normalized spacial score (nSPS) is 12.3. The standard InChI is InChI=1S/C17H19ClF6O2/c18-9-5-3-1-2-4-6-10-26-15(25)13-11-12(16(19,20)21)7-8-14(13)17(22,23)24/h7-8,11H,1-6,9-10H2. The summed E-state index contributed by atoms with van der Waals surface area (Å²) in [6.07, 6.45) is -5.05. The fourth-order valence-corrected chi connectivity index (χ4v) is 2.47. The number of alkyl halides is 7. The number of rotatable bonds is 9. The van der Waals surface area contributed by atoms with Crippen molar-refractivity contribution in [3.8, 4) is 0 Å². The van der Waals surface area contributed by atoms with Crippen molar-refractivity contribution in [1.82, 2.24) is 0 Å². The molecule has 1 aromatic carbocycles. The van der Waals surface area contributed by atoms with Gasteiger partial charge in [-0.2, -0.15) is 26.3 Å². The molecule has 2 nitrogen and oxygen atoms in total. The Hall–Kier alpha value is -1.44. The van der Waals surface area contributed by atoms with Crippen LogP contribution in [-0.4, -0.2) is 18.5 Å². The fraction of sp³-hybridized carbons (Fsp3) is 0.588. The predicted octanol–water partition coefficient (Wildman–Crippen LogP) is 6.46. The topological polar surface area (TPSA) is 26.3 Å². The molecule has 1 rings (SSSR count). The highest BCUT2D eigenvalue weighted by molar-refractivity contribution is 6.17. The number of hydrogen-bond donors (Lipinski definition) is 0. The molecule has 0 heterocycles. The van der Waals surface area contributed by atoms with Gasteiger partial charge in [0.25, 0.3) is 0 Å². The van der Waals surface area contributed by atoms with E-state index in [0.717, 1.165) is 25.7 Å². The van der Waals surface area contributed by atoms with Gasteiger partial charge in [-0.15, -0.1) is 11.6 Å². The van der Waals surface area contributed by atoms with Crippen LogP contribution in [0, 0.1) is 0 Å². The van der Waals surface area contributed by atoms with Crippen molar-refractivity contribution in [1.29, 1.82) is 0 Å². The second-order valence-electron chi connectivity index (χ2n) is 5.70. The van der Waals surface area contributed by atoms with Gasteiger partial charge < -0.3 is 4.74 Å². The van der Waals surface area contributed by atoms with E-state index in [1.807, 2.05) is 0 Å². The van der Waals surface area contributed by atoms with Crippen LogP contribution in [0.1, 0.15) is 60.0 Å². The first-order chi connectivity index (χ1) is 12.1. The zero-order valence-electron chi connectivity index (χ0n) is 13.9. The largest absolute Gasteiger partial charge is 0.462 e. The highest BCUT2D eigenvalue weighted by Crippen LogP contribution is 2.36. The van der Waals surface area contributed by atoms with Crippen molar-refractivity contribution in [2.24, 2.45) is 0 Å². The van der Waals surface area contributed by atoms with Crippen LogP contribution in [0.25, 0.3) is 0 Å². The first-order valence-electron chi connectivity index (χ1n) is 8.09. The minimum absolute atomic E-state index is 0.151. The van der Waals surface area contributed by atoms with E-state index in [2.05, 4.69) is 0 Å². The van der Waals surface area contributed by atoms with Gasteiger partial charge in [0, 0.05) is 5.88 Å². The Labute approximate surface area is 152 Å². The van der Waals surface area contributed by atoms with E-state index in [9.17, 15) is 31.1 Å². The van der Waals surface area contributed by atoms with Crippen LogP contribution in [0.3, 0.4) is 0 Å². The third-order valence-electron chi connectivity index (χ3n) is 3.63. The van der Waals surface area contributed by atoms with E-state index in [-0.39, 0.29) is 18.7 Å². The molecule has 148 valence electrons. The van der Waals surface area contributed by atoms with E-state index in [0.29, 0.717) is 24.8 Å². The van der Waals surface area contributed by atoms with E-state index >= 15 is 0 Å². The number of benzene rings is 1. The minimum Gasteiger partial charge on any atom is -0.462 e. The first kappa shape index (κ1) is 22.6. The summed E-state index contributed by atoms with van der Waals surface area (Å²) in [4.78, 5) is 11.9. The molecule has 1 aromatic rings. The van der Waals surface area contributed by atoms with Gasteiger partial charge in [-0.1, -0.05) is 25.7 Å². The third kappa shape index (κ3) is 7.43.